The van der Waals surface area contributed by atoms with Crippen molar-refractivity contribution in [2.45, 2.75) is 38.7 Å². The van der Waals surface area contributed by atoms with Gasteiger partial charge in [0.2, 0.25) is 5.13 Å². The van der Waals surface area contributed by atoms with E-state index in [9.17, 15) is 4.79 Å². The molecule has 31 heavy (non-hydrogen) atoms. The lowest BCUT2D eigenvalue weighted by Crippen LogP contribution is -2.10. The Morgan fingerprint density at radius 2 is 1.97 bits per heavy atom. The number of esters is 1. The fourth-order valence-electron chi connectivity index (χ4n) is 3.98. The van der Waals surface area contributed by atoms with Crippen LogP contribution in [0.25, 0.3) is 27.3 Å². The average Bonchev–Trinajstić information content (AvgIpc) is 3.54. The molecule has 5 rings (SSSR count). The minimum atomic E-state index is -0.421. The van der Waals surface area contributed by atoms with Gasteiger partial charge in [-0.15, -0.1) is 11.3 Å². The predicted molar refractivity (Wildman–Crippen MR) is 121 cm³/mol. The fraction of sp³-hybridized carbons (Fsp3) is 0.292. The van der Waals surface area contributed by atoms with Gasteiger partial charge in [0.05, 0.1) is 18.2 Å². The summed E-state index contributed by atoms with van der Waals surface area (Å²) in [5, 5.41) is 8.22. The highest BCUT2D eigenvalue weighted by molar-refractivity contribution is 7.12. The Kier molecular flexibility index (Phi) is 5.42. The highest BCUT2D eigenvalue weighted by Gasteiger charge is 2.20. The van der Waals surface area contributed by atoms with Crippen LogP contribution in [0.3, 0.4) is 0 Å². The van der Waals surface area contributed by atoms with Gasteiger partial charge < -0.3 is 9.47 Å². The Morgan fingerprint density at radius 1 is 1.16 bits per heavy atom. The van der Waals surface area contributed by atoms with E-state index in [0.717, 1.165) is 40.8 Å². The first-order valence-corrected chi connectivity index (χ1v) is 11.5. The SMILES string of the molecule is CCOC(=O)c1csc(-n2nc(-c3ccccc3)c3ccc(OC4CCCC4)cc32)n1. The van der Waals surface area contributed by atoms with Gasteiger partial charge in [-0.1, -0.05) is 30.3 Å². The van der Waals surface area contributed by atoms with Gasteiger partial charge in [0.1, 0.15) is 11.4 Å². The summed E-state index contributed by atoms with van der Waals surface area (Å²) in [6.07, 6.45) is 4.92. The van der Waals surface area contributed by atoms with Crippen molar-refractivity contribution in [3.8, 4) is 22.1 Å². The Bertz CT molecular complexity index is 1210. The summed E-state index contributed by atoms with van der Waals surface area (Å²) in [4.78, 5) is 16.6. The molecule has 1 saturated carbocycles. The van der Waals surface area contributed by atoms with Crippen LogP contribution in [-0.2, 0) is 4.74 Å². The molecule has 0 N–H and O–H groups in total. The van der Waals surface area contributed by atoms with Gasteiger partial charge in [-0.2, -0.15) is 5.10 Å². The standard InChI is InChI=1S/C24H23N3O3S/c1-2-29-23(28)20-15-31-24(25-20)27-21-14-18(30-17-10-6-7-11-17)12-13-19(21)22(26-27)16-8-4-3-5-9-16/h3-5,8-9,12-15,17H,2,6-7,10-11H2,1H3. The van der Waals surface area contributed by atoms with Crippen LogP contribution in [0.4, 0.5) is 0 Å². The van der Waals surface area contributed by atoms with Gasteiger partial charge in [-0.3, -0.25) is 0 Å². The molecular weight excluding hydrogens is 410 g/mol. The number of thiazole rings is 1. The molecule has 0 aliphatic heterocycles. The topological polar surface area (TPSA) is 66.2 Å². The fourth-order valence-corrected chi connectivity index (χ4v) is 4.74. The number of carbonyl (C=O) groups excluding carboxylic acids is 1. The Labute approximate surface area is 184 Å². The van der Waals surface area contributed by atoms with Crippen LogP contribution in [0.2, 0.25) is 0 Å². The number of aromatic nitrogens is 3. The van der Waals surface area contributed by atoms with E-state index in [0.29, 0.717) is 17.4 Å². The van der Waals surface area contributed by atoms with Crippen LogP contribution in [0.1, 0.15) is 43.1 Å². The number of ether oxygens (including phenoxy) is 2. The van der Waals surface area contributed by atoms with Gasteiger partial charge in [-0.25, -0.2) is 14.5 Å². The first-order chi connectivity index (χ1) is 15.2. The molecule has 158 valence electrons. The Balaban J connectivity index is 1.60. The van der Waals surface area contributed by atoms with Crippen molar-refractivity contribution in [3.05, 3.63) is 59.6 Å². The van der Waals surface area contributed by atoms with E-state index in [1.165, 1.54) is 24.2 Å². The molecule has 4 aromatic rings. The molecule has 2 heterocycles. The van der Waals surface area contributed by atoms with Crippen molar-refractivity contribution in [1.29, 1.82) is 0 Å². The molecular formula is C24H23N3O3S. The number of nitrogens with zero attached hydrogens (tertiary/aromatic N) is 3. The Morgan fingerprint density at radius 3 is 2.74 bits per heavy atom. The van der Waals surface area contributed by atoms with E-state index in [1.54, 1.807) is 17.0 Å². The normalized spacial score (nSPS) is 14.2. The molecule has 0 unspecified atom stereocenters. The third kappa shape index (κ3) is 3.93. The second kappa shape index (κ2) is 8.51. The lowest BCUT2D eigenvalue weighted by Gasteiger charge is -2.13. The zero-order chi connectivity index (χ0) is 21.2. The second-order valence-electron chi connectivity index (χ2n) is 7.57. The summed E-state index contributed by atoms with van der Waals surface area (Å²) in [7, 11) is 0. The van der Waals surface area contributed by atoms with E-state index in [1.807, 2.05) is 42.5 Å². The molecule has 0 saturated heterocycles. The first kappa shape index (κ1) is 19.8. The maximum absolute atomic E-state index is 12.1. The maximum atomic E-state index is 12.1. The average molecular weight is 434 g/mol. The van der Waals surface area contributed by atoms with E-state index >= 15 is 0 Å². The molecule has 0 spiro atoms. The molecule has 6 nitrogen and oxygen atoms in total. The molecule has 7 heteroatoms. The van der Waals surface area contributed by atoms with Crippen LogP contribution >= 0.6 is 11.3 Å². The van der Waals surface area contributed by atoms with Gasteiger partial charge in [0.15, 0.2) is 5.69 Å². The number of fused-ring (bicyclic) bond motifs is 1. The molecule has 1 aliphatic rings. The monoisotopic (exact) mass is 433 g/mol. The van der Waals surface area contributed by atoms with E-state index in [-0.39, 0.29) is 6.10 Å². The summed E-state index contributed by atoms with van der Waals surface area (Å²) in [6, 6.07) is 16.2. The summed E-state index contributed by atoms with van der Waals surface area (Å²) in [5.41, 5.74) is 3.10. The van der Waals surface area contributed by atoms with Crippen LogP contribution in [0.5, 0.6) is 5.75 Å². The highest BCUT2D eigenvalue weighted by Crippen LogP contribution is 2.34. The summed E-state index contributed by atoms with van der Waals surface area (Å²) in [6.45, 7) is 2.10. The lowest BCUT2D eigenvalue weighted by molar-refractivity contribution is 0.0520. The van der Waals surface area contributed by atoms with Crippen molar-refractivity contribution in [2.75, 3.05) is 6.61 Å². The quantitative estimate of drug-likeness (QED) is 0.368. The van der Waals surface area contributed by atoms with E-state index in [2.05, 4.69) is 11.1 Å². The Hall–Kier alpha value is -3.19. The van der Waals surface area contributed by atoms with Crippen LogP contribution < -0.4 is 4.74 Å². The highest BCUT2D eigenvalue weighted by atomic mass is 32.1. The van der Waals surface area contributed by atoms with Crippen molar-refractivity contribution in [3.63, 3.8) is 0 Å². The minimum Gasteiger partial charge on any atom is -0.490 e. The summed E-state index contributed by atoms with van der Waals surface area (Å²) in [5.74, 6) is 0.414. The third-order valence-electron chi connectivity index (χ3n) is 5.46. The zero-order valence-electron chi connectivity index (χ0n) is 17.3. The molecule has 0 atom stereocenters. The van der Waals surface area contributed by atoms with E-state index < -0.39 is 5.97 Å². The number of rotatable bonds is 6. The zero-order valence-corrected chi connectivity index (χ0v) is 18.1. The van der Waals surface area contributed by atoms with Crippen LogP contribution in [-0.4, -0.2) is 33.4 Å². The van der Waals surface area contributed by atoms with Crippen molar-refractivity contribution in [1.82, 2.24) is 14.8 Å². The van der Waals surface area contributed by atoms with Crippen molar-refractivity contribution in [2.24, 2.45) is 0 Å². The van der Waals surface area contributed by atoms with Crippen molar-refractivity contribution < 1.29 is 14.3 Å². The van der Waals surface area contributed by atoms with Crippen molar-refractivity contribution >= 4 is 28.2 Å². The minimum absolute atomic E-state index is 0.276. The molecule has 2 aromatic heterocycles. The molecule has 1 aliphatic carbocycles. The maximum Gasteiger partial charge on any atom is 0.357 e. The summed E-state index contributed by atoms with van der Waals surface area (Å²) >= 11 is 1.37. The van der Waals surface area contributed by atoms with Gasteiger partial charge in [-0.05, 0) is 44.7 Å². The number of hydrogen-bond acceptors (Lipinski definition) is 6. The third-order valence-corrected chi connectivity index (χ3v) is 6.28. The van der Waals surface area contributed by atoms with Crippen LogP contribution in [0.15, 0.2) is 53.9 Å². The van der Waals surface area contributed by atoms with E-state index in [4.69, 9.17) is 14.6 Å². The summed E-state index contributed by atoms with van der Waals surface area (Å²) < 4.78 is 13.1. The van der Waals surface area contributed by atoms with Gasteiger partial charge >= 0.3 is 5.97 Å². The smallest absolute Gasteiger partial charge is 0.357 e. The molecule has 0 radical (unpaired) electrons. The molecule has 0 amide bonds. The van der Waals surface area contributed by atoms with Gasteiger partial charge in [0, 0.05) is 22.4 Å². The lowest BCUT2D eigenvalue weighted by atomic mass is 10.1. The predicted octanol–water partition coefficient (Wildman–Crippen LogP) is 5.65. The number of hydrogen-bond donors (Lipinski definition) is 0. The number of carbonyl (C=O) groups is 1. The first-order valence-electron chi connectivity index (χ1n) is 10.6. The molecule has 1 fully saturated rings. The van der Waals surface area contributed by atoms with Gasteiger partial charge in [0.25, 0.3) is 0 Å². The van der Waals surface area contributed by atoms with Crippen LogP contribution in [0, 0.1) is 0 Å². The number of benzene rings is 2. The molecule has 2 aromatic carbocycles. The largest absolute Gasteiger partial charge is 0.490 e. The second-order valence-corrected chi connectivity index (χ2v) is 8.40. The molecule has 0 bridgehead atoms.